The molecular formula is C17H28O9S. The van der Waals surface area contributed by atoms with Crippen molar-refractivity contribution in [3.63, 3.8) is 0 Å². The van der Waals surface area contributed by atoms with Gasteiger partial charge in [-0.05, 0) is 17.7 Å². The molecule has 0 aliphatic carbocycles. The van der Waals surface area contributed by atoms with E-state index < -0.39 is 10.1 Å². The van der Waals surface area contributed by atoms with Crippen LogP contribution in [0.1, 0.15) is 5.56 Å². The summed E-state index contributed by atoms with van der Waals surface area (Å²) >= 11 is 0. The Labute approximate surface area is 160 Å². The molecule has 0 spiro atoms. The third kappa shape index (κ3) is 8.76. The average Bonchev–Trinajstić information content (AvgIpc) is 2.64. The number of hydrogen-bond acceptors (Lipinski definition) is 9. The van der Waals surface area contributed by atoms with E-state index in [1.165, 1.54) is 0 Å². The summed E-state index contributed by atoms with van der Waals surface area (Å²) in [5.74, 6) is 1.61. The van der Waals surface area contributed by atoms with E-state index in [9.17, 15) is 8.42 Å². The van der Waals surface area contributed by atoms with E-state index in [1.54, 1.807) is 28.4 Å². The van der Waals surface area contributed by atoms with Crippen molar-refractivity contribution >= 4 is 10.1 Å². The molecule has 1 atom stereocenters. The second-order valence-corrected chi connectivity index (χ2v) is 7.15. The van der Waals surface area contributed by atoms with E-state index in [-0.39, 0.29) is 25.9 Å². The summed E-state index contributed by atoms with van der Waals surface area (Å²) in [6.07, 6.45) is 0.687. The van der Waals surface area contributed by atoms with Crippen LogP contribution in [-0.2, 0) is 35.1 Å². The largest absolute Gasteiger partial charge is 0.493 e. The topological polar surface area (TPSA) is 98.8 Å². The molecule has 1 rings (SSSR count). The third-order valence-electron chi connectivity index (χ3n) is 3.46. The van der Waals surface area contributed by atoms with E-state index in [2.05, 4.69) is 4.18 Å². The zero-order chi connectivity index (χ0) is 20.3. The first-order valence-corrected chi connectivity index (χ1v) is 9.97. The zero-order valence-electron chi connectivity index (χ0n) is 16.4. The minimum Gasteiger partial charge on any atom is -0.493 e. The minimum atomic E-state index is -3.46. The van der Waals surface area contributed by atoms with Crippen LogP contribution in [0, 0.1) is 0 Å². The summed E-state index contributed by atoms with van der Waals surface area (Å²) in [6, 6.07) is 3.62. The van der Waals surface area contributed by atoms with Crippen LogP contribution in [0.4, 0.5) is 0 Å². The highest BCUT2D eigenvalue weighted by Gasteiger charge is 2.14. The summed E-state index contributed by atoms with van der Waals surface area (Å²) in [7, 11) is 2.73. The predicted molar refractivity (Wildman–Crippen MR) is 98.2 cm³/mol. The van der Waals surface area contributed by atoms with Crippen LogP contribution in [0.25, 0.3) is 0 Å². The van der Waals surface area contributed by atoms with Crippen molar-refractivity contribution in [1.29, 1.82) is 0 Å². The Morgan fingerprint density at radius 1 is 0.889 bits per heavy atom. The molecule has 9 nitrogen and oxygen atoms in total. The van der Waals surface area contributed by atoms with Crippen LogP contribution in [-0.4, -0.2) is 75.6 Å². The average molecular weight is 408 g/mol. The lowest BCUT2D eigenvalue weighted by molar-refractivity contribution is -0.0478. The molecule has 0 radical (unpaired) electrons. The van der Waals surface area contributed by atoms with Gasteiger partial charge < -0.3 is 28.4 Å². The van der Waals surface area contributed by atoms with Crippen molar-refractivity contribution in [3.05, 3.63) is 17.7 Å². The van der Waals surface area contributed by atoms with Gasteiger partial charge in [-0.3, -0.25) is 4.18 Å². The molecule has 1 unspecified atom stereocenters. The number of hydrogen-bond donors (Lipinski definition) is 0. The van der Waals surface area contributed by atoms with Crippen LogP contribution in [0.3, 0.4) is 0 Å². The van der Waals surface area contributed by atoms with Crippen LogP contribution in [0.5, 0.6) is 17.2 Å². The van der Waals surface area contributed by atoms with Gasteiger partial charge in [0.15, 0.2) is 11.5 Å². The summed E-state index contributed by atoms with van der Waals surface area (Å²) in [6.45, 7) is 0.952. The van der Waals surface area contributed by atoms with Gasteiger partial charge in [-0.2, -0.15) is 8.42 Å². The monoisotopic (exact) mass is 408 g/mol. The van der Waals surface area contributed by atoms with E-state index in [0.29, 0.717) is 30.5 Å². The number of benzene rings is 1. The Morgan fingerprint density at radius 3 is 1.96 bits per heavy atom. The molecular weight excluding hydrogens is 380 g/mol. The van der Waals surface area contributed by atoms with Gasteiger partial charge in [-0.15, -0.1) is 0 Å². The number of methoxy groups -OCH3 is 4. The molecule has 10 heteroatoms. The Balaban J connectivity index is 2.46. The molecule has 1 aromatic rings. The van der Waals surface area contributed by atoms with E-state index in [0.717, 1.165) is 11.8 Å². The van der Waals surface area contributed by atoms with E-state index in [4.69, 9.17) is 28.4 Å². The zero-order valence-corrected chi connectivity index (χ0v) is 17.2. The van der Waals surface area contributed by atoms with Gasteiger partial charge in [0, 0.05) is 7.11 Å². The standard InChI is InChI=1S/C17H28O9S/c1-20-14(11-24-6-7-26-27(5,18)19)12-25-10-13-8-15(21-2)17(23-4)16(9-13)22-3/h8-9,14H,6-7,10-12H2,1-5H3. The summed E-state index contributed by atoms with van der Waals surface area (Å²) in [5.41, 5.74) is 0.849. The first kappa shape index (κ1) is 23.4. The van der Waals surface area contributed by atoms with Gasteiger partial charge >= 0.3 is 0 Å². The molecule has 0 fully saturated rings. The Morgan fingerprint density at radius 2 is 1.48 bits per heavy atom. The van der Waals surface area contributed by atoms with Gasteiger partial charge in [-0.25, -0.2) is 0 Å². The van der Waals surface area contributed by atoms with Crippen LogP contribution < -0.4 is 14.2 Å². The summed E-state index contributed by atoms with van der Waals surface area (Å²) in [5, 5.41) is 0. The highest BCUT2D eigenvalue weighted by molar-refractivity contribution is 7.85. The lowest BCUT2D eigenvalue weighted by Crippen LogP contribution is -2.25. The highest BCUT2D eigenvalue weighted by atomic mass is 32.2. The number of rotatable bonds is 14. The van der Waals surface area contributed by atoms with Gasteiger partial charge in [0.25, 0.3) is 10.1 Å². The highest BCUT2D eigenvalue weighted by Crippen LogP contribution is 2.38. The molecule has 0 amide bonds. The minimum absolute atomic E-state index is 0.0401. The van der Waals surface area contributed by atoms with Gasteiger partial charge in [-0.1, -0.05) is 0 Å². The Bertz CT molecular complexity index is 635. The van der Waals surface area contributed by atoms with Crippen molar-refractivity contribution in [2.24, 2.45) is 0 Å². The first-order valence-electron chi connectivity index (χ1n) is 8.16. The maximum absolute atomic E-state index is 10.8. The molecule has 156 valence electrons. The second kappa shape index (κ2) is 12.0. The van der Waals surface area contributed by atoms with E-state index >= 15 is 0 Å². The summed E-state index contributed by atoms with van der Waals surface area (Å²) in [4.78, 5) is 0. The molecule has 0 bridgehead atoms. The molecule has 0 aliphatic heterocycles. The van der Waals surface area contributed by atoms with Crippen molar-refractivity contribution in [1.82, 2.24) is 0 Å². The molecule has 27 heavy (non-hydrogen) atoms. The lowest BCUT2D eigenvalue weighted by Gasteiger charge is -2.17. The molecule has 1 aromatic carbocycles. The maximum atomic E-state index is 10.8. The molecule has 0 N–H and O–H groups in total. The molecule has 0 saturated carbocycles. The van der Waals surface area contributed by atoms with E-state index in [1.807, 2.05) is 12.1 Å². The molecule has 0 saturated heterocycles. The SMILES string of the molecule is COc1cc(COCC(COCCOS(C)(=O)=O)OC)cc(OC)c1OC. The van der Waals surface area contributed by atoms with Crippen molar-refractivity contribution in [2.75, 3.05) is 61.1 Å². The number of ether oxygens (including phenoxy) is 6. The van der Waals surface area contributed by atoms with Crippen LogP contribution in [0.2, 0.25) is 0 Å². The van der Waals surface area contributed by atoms with Crippen molar-refractivity contribution in [2.45, 2.75) is 12.7 Å². The molecule has 0 aromatic heterocycles. The van der Waals surface area contributed by atoms with Crippen molar-refractivity contribution < 1.29 is 41.0 Å². The third-order valence-corrected chi connectivity index (χ3v) is 4.05. The van der Waals surface area contributed by atoms with Crippen LogP contribution in [0.15, 0.2) is 12.1 Å². The fourth-order valence-electron chi connectivity index (χ4n) is 2.17. The quantitative estimate of drug-likeness (QED) is 0.332. The maximum Gasteiger partial charge on any atom is 0.264 e. The Hall–Kier alpha value is -1.59. The fourth-order valence-corrected chi connectivity index (χ4v) is 2.54. The van der Waals surface area contributed by atoms with Gasteiger partial charge in [0.2, 0.25) is 5.75 Å². The normalized spacial score (nSPS) is 12.6. The van der Waals surface area contributed by atoms with Crippen molar-refractivity contribution in [3.8, 4) is 17.2 Å². The fraction of sp³-hybridized carbons (Fsp3) is 0.647. The van der Waals surface area contributed by atoms with Gasteiger partial charge in [0.1, 0.15) is 6.10 Å². The second-order valence-electron chi connectivity index (χ2n) is 5.51. The van der Waals surface area contributed by atoms with Crippen LogP contribution >= 0.6 is 0 Å². The molecule has 0 heterocycles. The lowest BCUT2D eigenvalue weighted by atomic mass is 10.2. The first-order chi connectivity index (χ1) is 12.8. The molecule has 0 aliphatic rings. The summed E-state index contributed by atoms with van der Waals surface area (Å²) < 4.78 is 58.5. The smallest absolute Gasteiger partial charge is 0.264 e. The predicted octanol–water partition coefficient (Wildman–Crippen LogP) is 1.24. The van der Waals surface area contributed by atoms with Gasteiger partial charge in [0.05, 0.1) is 60.6 Å². The Kier molecular flexibility index (Phi) is 10.4.